The number of carbonyl (C=O) groups excluding carboxylic acids is 1. The molecule has 0 amide bonds. The van der Waals surface area contributed by atoms with E-state index in [1.807, 2.05) is 6.07 Å². The number of nitrogens with zero attached hydrogens (tertiary/aromatic N) is 1. The molecule has 2 aromatic carbocycles. The topological polar surface area (TPSA) is 58.4 Å². The third-order valence-corrected chi connectivity index (χ3v) is 3.63. The van der Waals surface area contributed by atoms with Crippen molar-refractivity contribution in [2.45, 2.75) is 19.6 Å². The number of carbonyl (C=O) groups is 1. The lowest BCUT2D eigenvalue weighted by Crippen LogP contribution is -2.49. The van der Waals surface area contributed by atoms with Gasteiger partial charge < -0.3 is 5.32 Å². The number of aryl methyl sites for hydroxylation is 1. The molecule has 1 aliphatic heterocycles. The second-order valence-corrected chi connectivity index (χ2v) is 5.14. The number of anilines is 1. The molecule has 4 heteroatoms. The van der Waals surface area contributed by atoms with Crippen molar-refractivity contribution in [2.24, 2.45) is 5.84 Å². The quantitative estimate of drug-likeness (QED) is 0.647. The molecule has 20 heavy (non-hydrogen) atoms. The highest BCUT2D eigenvalue weighted by atomic mass is 16.1. The van der Waals surface area contributed by atoms with Gasteiger partial charge in [-0.3, -0.25) is 10.6 Å². The molecule has 2 aromatic rings. The summed E-state index contributed by atoms with van der Waals surface area (Å²) in [5.74, 6) is 5.85. The van der Waals surface area contributed by atoms with Gasteiger partial charge in [0, 0.05) is 12.2 Å². The monoisotopic (exact) mass is 267 g/mol. The van der Waals surface area contributed by atoms with E-state index in [1.54, 1.807) is 0 Å². The Balaban J connectivity index is 1.96. The van der Waals surface area contributed by atoms with Crippen LogP contribution in [0.15, 0.2) is 42.5 Å². The second-order valence-electron chi connectivity index (χ2n) is 5.14. The molecule has 1 aliphatic rings. The zero-order chi connectivity index (χ0) is 14.1. The van der Waals surface area contributed by atoms with Crippen molar-refractivity contribution in [3.05, 3.63) is 53.6 Å². The minimum Gasteiger partial charge on any atom is -0.362 e. The van der Waals surface area contributed by atoms with E-state index in [2.05, 4.69) is 48.6 Å². The number of nitrogens with one attached hydrogen (secondary N) is 1. The van der Waals surface area contributed by atoms with Crippen molar-refractivity contribution in [2.75, 3.05) is 5.32 Å². The number of rotatable bonds is 2. The van der Waals surface area contributed by atoms with Crippen LogP contribution in [-0.4, -0.2) is 17.5 Å². The van der Waals surface area contributed by atoms with E-state index in [9.17, 15) is 4.79 Å². The maximum atomic E-state index is 10.9. The molecule has 4 nitrogen and oxygen atoms in total. The summed E-state index contributed by atoms with van der Waals surface area (Å²) in [4.78, 5) is 10.9. The normalized spacial score (nSPS) is 18.2. The molecule has 0 saturated heterocycles. The molecule has 3 rings (SSSR count). The van der Waals surface area contributed by atoms with E-state index in [1.165, 1.54) is 16.1 Å². The summed E-state index contributed by atoms with van der Waals surface area (Å²) < 4.78 is 0. The Bertz CT molecular complexity index is 637. The van der Waals surface area contributed by atoms with Crippen LogP contribution in [0.25, 0.3) is 11.1 Å². The van der Waals surface area contributed by atoms with Gasteiger partial charge in [-0.15, -0.1) is 0 Å². The fourth-order valence-corrected chi connectivity index (χ4v) is 2.44. The van der Waals surface area contributed by atoms with Crippen LogP contribution in [0.2, 0.25) is 0 Å². The Morgan fingerprint density at radius 2 is 1.90 bits per heavy atom. The van der Waals surface area contributed by atoms with Crippen molar-refractivity contribution in [1.29, 1.82) is 0 Å². The van der Waals surface area contributed by atoms with Crippen molar-refractivity contribution in [1.82, 2.24) is 5.01 Å². The first-order valence-electron chi connectivity index (χ1n) is 6.60. The van der Waals surface area contributed by atoms with Crippen LogP contribution in [0.5, 0.6) is 0 Å². The largest absolute Gasteiger partial charge is 0.362 e. The molecule has 1 atom stereocenters. The number of hydrogen-bond donors (Lipinski definition) is 2. The summed E-state index contributed by atoms with van der Waals surface area (Å²) in [5.41, 5.74) is 5.65. The van der Waals surface area contributed by atoms with E-state index in [4.69, 9.17) is 5.84 Å². The van der Waals surface area contributed by atoms with Crippen molar-refractivity contribution in [3.63, 3.8) is 0 Å². The Labute approximate surface area is 118 Å². The SMILES string of the molecule is Cc1ccc(-c2ccc3c(c2)CN(N)C(C=O)N3)cc1. The Kier molecular flexibility index (Phi) is 3.26. The first-order chi connectivity index (χ1) is 9.67. The number of hydrogen-bond acceptors (Lipinski definition) is 4. The first kappa shape index (κ1) is 12.8. The third-order valence-electron chi connectivity index (χ3n) is 3.63. The number of hydrazine groups is 1. The summed E-state index contributed by atoms with van der Waals surface area (Å²) in [7, 11) is 0. The Hall–Kier alpha value is -2.17. The summed E-state index contributed by atoms with van der Waals surface area (Å²) >= 11 is 0. The van der Waals surface area contributed by atoms with Crippen LogP contribution in [0.4, 0.5) is 5.69 Å². The Morgan fingerprint density at radius 1 is 1.20 bits per heavy atom. The van der Waals surface area contributed by atoms with Gasteiger partial charge in [0.15, 0.2) is 6.29 Å². The van der Waals surface area contributed by atoms with Crippen LogP contribution >= 0.6 is 0 Å². The van der Waals surface area contributed by atoms with Gasteiger partial charge in [0.2, 0.25) is 0 Å². The fraction of sp³-hybridized carbons (Fsp3) is 0.188. The molecule has 0 saturated carbocycles. The highest BCUT2D eigenvalue weighted by Gasteiger charge is 2.22. The summed E-state index contributed by atoms with van der Waals surface area (Å²) in [6, 6.07) is 14.6. The average Bonchev–Trinajstić information content (AvgIpc) is 2.46. The molecular formula is C16H17N3O. The van der Waals surface area contributed by atoms with E-state index < -0.39 is 6.17 Å². The number of benzene rings is 2. The Morgan fingerprint density at radius 3 is 2.60 bits per heavy atom. The molecular weight excluding hydrogens is 250 g/mol. The first-order valence-corrected chi connectivity index (χ1v) is 6.60. The predicted molar refractivity (Wildman–Crippen MR) is 79.8 cm³/mol. The second kappa shape index (κ2) is 5.07. The molecule has 3 N–H and O–H groups in total. The molecule has 0 radical (unpaired) electrons. The minimum atomic E-state index is -0.451. The minimum absolute atomic E-state index is 0.451. The van der Waals surface area contributed by atoms with Crippen molar-refractivity contribution in [3.8, 4) is 11.1 Å². The van der Waals surface area contributed by atoms with Crippen LogP contribution in [0, 0.1) is 6.92 Å². The third kappa shape index (κ3) is 2.31. The molecule has 1 heterocycles. The molecule has 0 aliphatic carbocycles. The summed E-state index contributed by atoms with van der Waals surface area (Å²) in [5, 5.41) is 4.63. The van der Waals surface area contributed by atoms with Gasteiger partial charge in [-0.2, -0.15) is 0 Å². The van der Waals surface area contributed by atoms with Gasteiger partial charge in [0.05, 0.1) is 0 Å². The van der Waals surface area contributed by atoms with Crippen molar-refractivity contribution >= 4 is 12.0 Å². The lowest BCUT2D eigenvalue weighted by atomic mass is 9.99. The lowest BCUT2D eigenvalue weighted by Gasteiger charge is -2.31. The zero-order valence-electron chi connectivity index (χ0n) is 11.3. The van der Waals surface area contributed by atoms with E-state index in [-0.39, 0.29) is 0 Å². The fourth-order valence-electron chi connectivity index (χ4n) is 2.44. The summed E-state index contributed by atoms with van der Waals surface area (Å²) in [6.45, 7) is 2.64. The molecule has 0 bridgehead atoms. The zero-order valence-corrected chi connectivity index (χ0v) is 11.3. The maximum Gasteiger partial charge on any atom is 0.158 e. The van der Waals surface area contributed by atoms with Gasteiger partial charge in [-0.25, -0.2) is 5.01 Å². The van der Waals surface area contributed by atoms with Gasteiger partial charge in [-0.05, 0) is 35.7 Å². The lowest BCUT2D eigenvalue weighted by molar-refractivity contribution is -0.112. The molecule has 1 unspecified atom stereocenters. The number of nitrogens with two attached hydrogens (primary N) is 1. The summed E-state index contributed by atoms with van der Waals surface area (Å²) in [6.07, 6.45) is 0.365. The van der Waals surface area contributed by atoms with Crippen LogP contribution < -0.4 is 11.2 Å². The van der Waals surface area contributed by atoms with E-state index in [0.717, 1.165) is 23.1 Å². The maximum absolute atomic E-state index is 10.9. The molecule has 0 spiro atoms. The predicted octanol–water partition coefficient (Wildman–Crippen LogP) is 2.29. The standard InChI is InChI=1S/C16H17N3O/c1-11-2-4-12(5-3-11)13-6-7-15-14(8-13)9-19(17)16(10-20)18-15/h2-8,10,16,18H,9,17H2,1H3. The average molecular weight is 267 g/mol. The van der Waals surface area contributed by atoms with Gasteiger partial charge >= 0.3 is 0 Å². The van der Waals surface area contributed by atoms with E-state index >= 15 is 0 Å². The van der Waals surface area contributed by atoms with E-state index in [0.29, 0.717) is 6.54 Å². The molecule has 0 aromatic heterocycles. The van der Waals surface area contributed by atoms with Crippen molar-refractivity contribution < 1.29 is 4.79 Å². The number of aldehydes is 1. The smallest absolute Gasteiger partial charge is 0.158 e. The molecule has 102 valence electrons. The highest BCUT2D eigenvalue weighted by Crippen LogP contribution is 2.29. The number of fused-ring (bicyclic) bond motifs is 1. The van der Waals surface area contributed by atoms with Crippen LogP contribution in [0.1, 0.15) is 11.1 Å². The molecule has 0 fully saturated rings. The van der Waals surface area contributed by atoms with Gasteiger partial charge in [0.25, 0.3) is 0 Å². The highest BCUT2D eigenvalue weighted by molar-refractivity contribution is 5.72. The van der Waals surface area contributed by atoms with Gasteiger partial charge in [0.1, 0.15) is 6.17 Å². The van der Waals surface area contributed by atoms with Crippen LogP contribution in [-0.2, 0) is 11.3 Å². The van der Waals surface area contributed by atoms with Gasteiger partial charge in [-0.1, -0.05) is 35.9 Å². The van der Waals surface area contributed by atoms with Crippen LogP contribution in [0.3, 0.4) is 0 Å².